The summed E-state index contributed by atoms with van der Waals surface area (Å²) in [5, 5.41) is 10.6. The van der Waals surface area contributed by atoms with Crippen molar-refractivity contribution < 1.29 is 0 Å². The molecule has 0 amide bonds. The van der Waals surface area contributed by atoms with Crippen molar-refractivity contribution in [2.75, 3.05) is 0 Å². The standard InChI is InChI=1S/C12H10ClN3S/c13-11(7-16-6-5-15-9-16)10-3-1-2-4-12(10)17-8-14/h1-6,9,11H,7H2. The fourth-order valence-electron chi connectivity index (χ4n) is 1.56. The third kappa shape index (κ3) is 3.02. The summed E-state index contributed by atoms with van der Waals surface area (Å²) in [6.07, 6.45) is 5.32. The second-order valence-corrected chi connectivity index (χ2v) is 4.81. The fraction of sp³-hybridized carbons (Fsp3) is 0.167. The molecule has 1 atom stereocenters. The Morgan fingerprint density at radius 3 is 3.00 bits per heavy atom. The zero-order chi connectivity index (χ0) is 12.1. The topological polar surface area (TPSA) is 41.6 Å². The molecule has 17 heavy (non-hydrogen) atoms. The average molecular weight is 264 g/mol. The molecular formula is C12H10ClN3S. The fourth-order valence-corrected chi connectivity index (χ4v) is 2.55. The monoisotopic (exact) mass is 263 g/mol. The van der Waals surface area contributed by atoms with Crippen LogP contribution >= 0.6 is 23.4 Å². The number of hydrogen-bond donors (Lipinski definition) is 0. The Bertz CT molecular complexity index is 519. The third-order valence-electron chi connectivity index (χ3n) is 2.34. The summed E-state index contributed by atoms with van der Waals surface area (Å²) < 4.78 is 1.92. The van der Waals surface area contributed by atoms with Crippen molar-refractivity contribution >= 4 is 23.4 Å². The zero-order valence-corrected chi connectivity index (χ0v) is 10.5. The number of aromatic nitrogens is 2. The molecular weight excluding hydrogens is 254 g/mol. The molecule has 0 radical (unpaired) electrons. The van der Waals surface area contributed by atoms with Crippen LogP contribution in [0.5, 0.6) is 0 Å². The molecule has 1 heterocycles. The van der Waals surface area contributed by atoms with Crippen molar-refractivity contribution in [1.82, 2.24) is 9.55 Å². The van der Waals surface area contributed by atoms with Gasteiger partial charge in [-0.05, 0) is 23.4 Å². The van der Waals surface area contributed by atoms with Gasteiger partial charge >= 0.3 is 0 Å². The van der Waals surface area contributed by atoms with E-state index in [0.717, 1.165) is 22.2 Å². The lowest BCUT2D eigenvalue weighted by Gasteiger charge is -2.13. The van der Waals surface area contributed by atoms with Gasteiger partial charge in [0.2, 0.25) is 0 Å². The van der Waals surface area contributed by atoms with Crippen LogP contribution < -0.4 is 0 Å². The maximum absolute atomic E-state index is 8.74. The van der Waals surface area contributed by atoms with Gasteiger partial charge in [-0.1, -0.05) is 18.2 Å². The van der Waals surface area contributed by atoms with Gasteiger partial charge in [0.1, 0.15) is 5.40 Å². The van der Waals surface area contributed by atoms with E-state index < -0.39 is 0 Å². The Morgan fingerprint density at radius 1 is 1.47 bits per heavy atom. The Hall–Kier alpha value is -1.44. The number of nitrogens with zero attached hydrogens (tertiary/aromatic N) is 3. The predicted octanol–water partition coefficient (Wildman–Crippen LogP) is 3.44. The van der Waals surface area contributed by atoms with Crippen LogP contribution in [-0.2, 0) is 6.54 Å². The molecule has 5 heteroatoms. The number of nitriles is 1. The number of thioether (sulfide) groups is 1. The van der Waals surface area contributed by atoms with Crippen molar-refractivity contribution in [1.29, 1.82) is 5.26 Å². The first-order chi connectivity index (χ1) is 8.31. The van der Waals surface area contributed by atoms with Crippen molar-refractivity contribution in [2.24, 2.45) is 0 Å². The van der Waals surface area contributed by atoms with Crippen molar-refractivity contribution in [2.45, 2.75) is 16.8 Å². The summed E-state index contributed by atoms with van der Waals surface area (Å²) in [7, 11) is 0. The van der Waals surface area contributed by atoms with E-state index in [1.165, 1.54) is 0 Å². The van der Waals surface area contributed by atoms with Crippen LogP contribution in [0, 0.1) is 10.7 Å². The molecule has 1 unspecified atom stereocenters. The van der Waals surface area contributed by atoms with Gasteiger partial charge in [0.15, 0.2) is 0 Å². The summed E-state index contributed by atoms with van der Waals surface area (Å²) >= 11 is 7.51. The normalized spacial score (nSPS) is 12.0. The number of benzene rings is 1. The van der Waals surface area contributed by atoms with Crippen LogP contribution in [0.15, 0.2) is 47.9 Å². The quantitative estimate of drug-likeness (QED) is 0.482. The van der Waals surface area contributed by atoms with E-state index in [0.29, 0.717) is 6.54 Å². The number of alkyl halides is 1. The summed E-state index contributed by atoms with van der Waals surface area (Å²) in [6, 6.07) is 7.70. The van der Waals surface area contributed by atoms with Crippen LogP contribution in [0.3, 0.4) is 0 Å². The number of hydrogen-bond acceptors (Lipinski definition) is 3. The summed E-state index contributed by atoms with van der Waals surface area (Å²) in [6.45, 7) is 0.643. The van der Waals surface area contributed by atoms with Crippen molar-refractivity contribution in [3.8, 4) is 5.40 Å². The first kappa shape index (κ1) is 12.0. The highest BCUT2D eigenvalue weighted by molar-refractivity contribution is 8.03. The Morgan fingerprint density at radius 2 is 2.29 bits per heavy atom. The Kier molecular flexibility index (Phi) is 4.08. The van der Waals surface area contributed by atoms with E-state index in [9.17, 15) is 0 Å². The number of imidazole rings is 1. The van der Waals surface area contributed by atoms with E-state index in [-0.39, 0.29) is 5.38 Å². The summed E-state index contributed by atoms with van der Waals surface area (Å²) in [4.78, 5) is 4.89. The minimum atomic E-state index is -0.166. The molecule has 0 saturated heterocycles. The largest absolute Gasteiger partial charge is 0.336 e. The molecule has 0 aliphatic carbocycles. The highest BCUT2D eigenvalue weighted by atomic mass is 35.5. The minimum Gasteiger partial charge on any atom is -0.336 e. The Labute approximate surface area is 109 Å². The Balaban J connectivity index is 2.19. The molecule has 1 aromatic heterocycles. The van der Waals surface area contributed by atoms with Gasteiger partial charge in [-0.2, -0.15) is 5.26 Å². The number of thiocyanates is 1. The van der Waals surface area contributed by atoms with Crippen molar-refractivity contribution in [3.63, 3.8) is 0 Å². The lowest BCUT2D eigenvalue weighted by Crippen LogP contribution is -2.03. The van der Waals surface area contributed by atoms with Gasteiger partial charge in [-0.15, -0.1) is 11.6 Å². The maximum Gasteiger partial charge on any atom is 0.138 e. The highest BCUT2D eigenvalue weighted by Crippen LogP contribution is 2.31. The van der Waals surface area contributed by atoms with Gasteiger partial charge in [0.25, 0.3) is 0 Å². The zero-order valence-electron chi connectivity index (χ0n) is 8.95. The van der Waals surface area contributed by atoms with Gasteiger partial charge < -0.3 is 4.57 Å². The van der Waals surface area contributed by atoms with Gasteiger partial charge in [-0.25, -0.2) is 4.98 Å². The molecule has 2 aromatic rings. The van der Waals surface area contributed by atoms with Crippen LogP contribution in [0.1, 0.15) is 10.9 Å². The van der Waals surface area contributed by atoms with Crippen LogP contribution in [0.25, 0.3) is 0 Å². The molecule has 0 fully saturated rings. The number of halogens is 1. The SMILES string of the molecule is N#CSc1ccccc1C(Cl)Cn1ccnc1. The minimum absolute atomic E-state index is 0.166. The van der Waals surface area contributed by atoms with Gasteiger partial charge in [-0.3, -0.25) is 0 Å². The summed E-state index contributed by atoms with van der Waals surface area (Å²) in [5.74, 6) is 0. The van der Waals surface area contributed by atoms with Gasteiger partial charge in [0.05, 0.1) is 11.7 Å². The number of rotatable bonds is 4. The van der Waals surface area contributed by atoms with Crippen molar-refractivity contribution in [3.05, 3.63) is 48.5 Å². The molecule has 2 rings (SSSR count). The lowest BCUT2D eigenvalue weighted by atomic mass is 10.1. The van der Waals surface area contributed by atoms with E-state index >= 15 is 0 Å². The predicted molar refractivity (Wildman–Crippen MR) is 68.7 cm³/mol. The molecule has 1 aromatic carbocycles. The van der Waals surface area contributed by atoms with E-state index in [1.807, 2.05) is 35.0 Å². The van der Waals surface area contributed by atoms with Crippen LogP contribution in [-0.4, -0.2) is 9.55 Å². The van der Waals surface area contributed by atoms with E-state index in [2.05, 4.69) is 10.4 Å². The molecule has 0 aliphatic heterocycles. The first-order valence-electron chi connectivity index (χ1n) is 5.06. The summed E-state index contributed by atoms with van der Waals surface area (Å²) in [5.41, 5.74) is 0.981. The third-order valence-corrected chi connectivity index (χ3v) is 3.40. The molecule has 0 spiro atoms. The highest BCUT2D eigenvalue weighted by Gasteiger charge is 2.13. The van der Waals surface area contributed by atoms with Gasteiger partial charge in [0, 0.05) is 23.8 Å². The molecule has 0 saturated carbocycles. The maximum atomic E-state index is 8.74. The average Bonchev–Trinajstić information content (AvgIpc) is 2.83. The molecule has 0 aliphatic rings. The second-order valence-electron chi connectivity index (χ2n) is 3.46. The first-order valence-corrected chi connectivity index (χ1v) is 6.31. The van der Waals surface area contributed by atoms with Crippen LogP contribution in [0.2, 0.25) is 0 Å². The van der Waals surface area contributed by atoms with E-state index in [4.69, 9.17) is 16.9 Å². The van der Waals surface area contributed by atoms with E-state index in [1.54, 1.807) is 12.5 Å². The molecule has 3 nitrogen and oxygen atoms in total. The van der Waals surface area contributed by atoms with Crippen LogP contribution in [0.4, 0.5) is 0 Å². The molecule has 0 N–H and O–H groups in total. The molecule has 86 valence electrons. The smallest absolute Gasteiger partial charge is 0.138 e. The second kappa shape index (κ2) is 5.76. The molecule has 0 bridgehead atoms. The lowest BCUT2D eigenvalue weighted by molar-refractivity contribution is 0.671.